The Morgan fingerprint density at radius 1 is 1.41 bits per heavy atom. The molecule has 1 unspecified atom stereocenters. The van der Waals surface area contributed by atoms with Crippen LogP contribution in [0.2, 0.25) is 0 Å². The van der Waals surface area contributed by atoms with Crippen LogP contribution in [0.1, 0.15) is 19.4 Å². The summed E-state index contributed by atoms with van der Waals surface area (Å²) in [7, 11) is 1.61. The lowest BCUT2D eigenvalue weighted by molar-refractivity contribution is -0.147. The Kier molecular flexibility index (Phi) is 4.97. The molecule has 0 saturated carbocycles. The highest BCUT2D eigenvalue weighted by atomic mass is 16.5. The molecule has 1 atom stereocenters. The van der Waals surface area contributed by atoms with Crippen LogP contribution in [0.25, 0.3) is 0 Å². The molecule has 0 fully saturated rings. The number of carbonyl (C=O) groups is 1. The molecular weight excluding hydrogens is 220 g/mol. The van der Waals surface area contributed by atoms with Crippen LogP contribution in [-0.2, 0) is 16.1 Å². The predicted octanol–water partition coefficient (Wildman–Crippen LogP) is 2.32. The average Bonchev–Trinajstić information content (AvgIpc) is 2.26. The Hall–Kier alpha value is -1.55. The molecular formula is C13H18O4. The summed E-state index contributed by atoms with van der Waals surface area (Å²) in [4.78, 5) is 11.0. The summed E-state index contributed by atoms with van der Waals surface area (Å²) in [5.41, 5.74) is 0.956. The van der Waals surface area contributed by atoms with Crippen LogP contribution in [-0.4, -0.2) is 24.3 Å². The maximum absolute atomic E-state index is 11.0. The van der Waals surface area contributed by atoms with Gasteiger partial charge in [0.05, 0.1) is 6.61 Å². The molecule has 0 heterocycles. The van der Waals surface area contributed by atoms with Crippen LogP contribution in [0.3, 0.4) is 0 Å². The smallest absolute Gasteiger partial charge is 0.345 e. The molecule has 94 valence electrons. The topological polar surface area (TPSA) is 55.8 Å². The Balaban J connectivity index is 2.78. The van der Waals surface area contributed by atoms with E-state index in [1.807, 2.05) is 26.0 Å². The summed E-state index contributed by atoms with van der Waals surface area (Å²) in [6, 6.07) is 7.27. The quantitative estimate of drug-likeness (QED) is 0.826. The van der Waals surface area contributed by atoms with Crippen molar-refractivity contribution in [1.29, 1.82) is 0 Å². The van der Waals surface area contributed by atoms with Crippen LogP contribution in [0.15, 0.2) is 24.3 Å². The van der Waals surface area contributed by atoms with Gasteiger partial charge in [-0.1, -0.05) is 26.0 Å². The van der Waals surface area contributed by atoms with E-state index in [-0.39, 0.29) is 5.92 Å². The van der Waals surface area contributed by atoms with Crippen molar-refractivity contribution in [1.82, 2.24) is 0 Å². The molecule has 1 rings (SSSR count). The highest BCUT2D eigenvalue weighted by molar-refractivity contribution is 5.73. The standard InChI is InChI=1S/C13H18O4/c1-9(2)12(13(14)15)17-11-6-4-5-10(7-11)8-16-3/h4-7,9,12H,8H2,1-3H3,(H,14,15). The van der Waals surface area contributed by atoms with Gasteiger partial charge in [0.15, 0.2) is 6.10 Å². The van der Waals surface area contributed by atoms with Crippen molar-refractivity contribution in [2.45, 2.75) is 26.6 Å². The summed E-state index contributed by atoms with van der Waals surface area (Å²) >= 11 is 0. The number of hydrogen-bond donors (Lipinski definition) is 1. The highest BCUT2D eigenvalue weighted by Crippen LogP contribution is 2.18. The molecule has 4 nitrogen and oxygen atoms in total. The zero-order chi connectivity index (χ0) is 12.8. The minimum Gasteiger partial charge on any atom is -0.478 e. The molecule has 0 saturated heterocycles. The van der Waals surface area contributed by atoms with E-state index in [0.29, 0.717) is 12.4 Å². The first-order valence-electron chi connectivity index (χ1n) is 5.52. The van der Waals surface area contributed by atoms with Crippen molar-refractivity contribution < 1.29 is 19.4 Å². The minimum atomic E-state index is -0.947. The van der Waals surface area contributed by atoms with E-state index in [2.05, 4.69) is 0 Å². The lowest BCUT2D eigenvalue weighted by Gasteiger charge is -2.18. The Morgan fingerprint density at radius 2 is 2.12 bits per heavy atom. The molecule has 0 bridgehead atoms. The molecule has 0 amide bonds. The van der Waals surface area contributed by atoms with Gasteiger partial charge in [0.2, 0.25) is 0 Å². The van der Waals surface area contributed by atoms with Crippen molar-refractivity contribution in [3.05, 3.63) is 29.8 Å². The third-order valence-electron chi connectivity index (χ3n) is 2.32. The average molecular weight is 238 g/mol. The molecule has 0 radical (unpaired) electrons. The van der Waals surface area contributed by atoms with E-state index in [1.54, 1.807) is 19.2 Å². The van der Waals surface area contributed by atoms with Gasteiger partial charge in [0, 0.05) is 13.0 Å². The lowest BCUT2D eigenvalue weighted by atomic mass is 10.1. The first-order chi connectivity index (χ1) is 8.04. The van der Waals surface area contributed by atoms with Gasteiger partial charge >= 0.3 is 5.97 Å². The first-order valence-corrected chi connectivity index (χ1v) is 5.52. The van der Waals surface area contributed by atoms with Gasteiger partial charge < -0.3 is 14.6 Å². The van der Waals surface area contributed by atoms with Crippen LogP contribution in [0.4, 0.5) is 0 Å². The molecule has 0 aliphatic heterocycles. The van der Waals surface area contributed by atoms with Gasteiger partial charge in [-0.05, 0) is 17.7 Å². The Bertz CT molecular complexity index is 373. The van der Waals surface area contributed by atoms with Crippen molar-refractivity contribution >= 4 is 5.97 Å². The third-order valence-corrected chi connectivity index (χ3v) is 2.32. The molecule has 1 aromatic carbocycles. The van der Waals surface area contributed by atoms with Gasteiger partial charge in [0.25, 0.3) is 0 Å². The number of methoxy groups -OCH3 is 1. The fourth-order valence-corrected chi connectivity index (χ4v) is 1.49. The van der Waals surface area contributed by atoms with E-state index in [1.165, 1.54) is 0 Å². The van der Waals surface area contributed by atoms with Crippen molar-refractivity contribution in [2.75, 3.05) is 7.11 Å². The molecule has 4 heteroatoms. The zero-order valence-corrected chi connectivity index (χ0v) is 10.3. The summed E-state index contributed by atoms with van der Waals surface area (Å²) < 4.78 is 10.5. The normalized spacial score (nSPS) is 12.5. The lowest BCUT2D eigenvalue weighted by Crippen LogP contribution is -2.32. The molecule has 1 aromatic rings. The number of ether oxygens (including phenoxy) is 2. The third kappa shape index (κ3) is 4.07. The minimum absolute atomic E-state index is 0.0846. The van der Waals surface area contributed by atoms with Gasteiger partial charge in [-0.3, -0.25) is 0 Å². The van der Waals surface area contributed by atoms with Crippen molar-refractivity contribution in [2.24, 2.45) is 5.92 Å². The Labute approximate surface area is 101 Å². The molecule has 0 spiro atoms. The van der Waals surface area contributed by atoms with Gasteiger partial charge in [-0.25, -0.2) is 4.79 Å². The maximum atomic E-state index is 11.0. The summed E-state index contributed by atoms with van der Waals surface area (Å²) in [6.07, 6.45) is -0.826. The van der Waals surface area contributed by atoms with E-state index in [4.69, 9.17) is 14.6 Å². The van der Waals surface area contributed by atoms with Crippen LogP contribution >= 0.6 is 0 Å². The predicted molar refractivity (Wildman–Crippen MR) is 64.0 cm³/mol. The van der Waals surface area contributed by atoms with E-state index in [0.717, 1.165) is 5.56 Å². The molecule has 0 aliphatic carbocycles. The van der Waals surface area contributed by atoms with Crippen LogP contribution in [0, 0.1) is 5.92 Å². The summed E-state index contributed by atoms with van der Waals surface area (Å²) in [5.74, 6) is -0.476. The zero-order valence-electron chi connectivity index (χ0n) is 10.3. The number of aliphatic carboxylic acids is 1. The second-order valence-corrected chi connectivity index (χ2v) is 4.20. The second kappa shape index (κ2) is 6.25. The van der Waals surface area contributed by atoms with Crippen molar-refractivity contribution in [3.63, 3.8) is 0 Å². The SMILES string of the molecule is COCc1cccc(OC(C(=O)O)C(C)C)c1. The molecule has 17 heavy (non-hydrogen) atoms. The number of rotatable bonds is 6. The summed E-state index contributed by atoms with van der Waals surface area (Å²) in [6.45, 7) is 4.12. The second-order valence-electron chi connectivity index (χ2n) is 4.20. The number of carboxylic acid groups (broad SMARTS) is 1. The van der Waals surface area contributed by atoms with Crippen molar-refractivity contribution in [3.8, 4) is 5.75 Å². The van der Waals surface area contributed by atoms with Crippen LogP contribution < -0.4 is 4.74 Å². The number of carboxylic acids is 1. The molecule has 0 aliphatic rings. The number of hydrogen-bond acceptors (Lipinski definition) is 3. The van der Waals surface area contributed by atoms with Crippen LogP contribution in [0.5, 0.6) is 5.75 Å². The summed E-state index contributed by atoms with van der Waals surface area (Å²) in [5, 5.41) is 9.03. The van der Waals surface area contributed by atoms with E-state index in [9.17, 15) is 4.79 Å². The maximum Gasteiger partial charge on any atom is 0.345 e. The van der Waals surface area contributed by atoms with E-state index < -0.39 is 12.1 Å². The Morgan fingerprint density at radius 3 is 2.65 bits per heavy atom. The fraction of sp³-hybridized carbons (Fsp3) is 0.462. The number of benzene rings is 1. The van der Waals surface area contributed by atoms with Gasteiger partial charge in [-0.15, -0.1) is 0 Å². The monoisotopic (exact) mass is 238 g/mol. The van der Waals surface area contributed by atoms with E-state index >= 15 is 0 Å². The highest BCUT2D eigenvalue weighted by Gasteiger charge is 2.23. The fourth-order valence-electron chi connectivity index (χ4n) is 1.49. The van der Waals surface area contributed by atoms with Gasteiger partial charge in [-0.2, -0.15) is 0 Å². The van der Waals surface area contributed by atoms with Gasteiger partial charge in [0.1, 0.15) is 5.75 Å². The largest absolute Gasteiger partial charge is 0.478 e. The first kappa shape index (κ1) is 13.5. The molecule has 0 aromatic heterocycles. The molecule has 1 N–H and O–H groups in total.